The van der Waals surface area contributed by atoms with Gasteiger partial charge in [-0.1, -0.05) is 23.9 Å². The summed E-state index contributed by atoms with van der Waals surface area (Å²) in [6, 6.07) is 9.52. The van der Waals surface area contributed by atoms with Crippen LogP contribution in [0.15, 0.2) is 47.6 Å². The van der Waals surface area contributed by atoms with Gasteiger partial charge in [-0.05, 0) is 36.8 Å². The van der Waals surface area contributed by atoms with E-state index in [0.29, 0.717) is 17.3 Å². The van der Waals surface area contributed by atoms with Crippen LogP contribution in [0.3, 0.4) is 0 Å². The molecule has 0 saturated heterocycles. The molecule has 0 aliphatic rings. The minimum Gasteiger partial charge on any atom is -0.497 e. The Morgan fingerprint density at radius 1 is 1.32 bits per heavy atom. The highest BCUT2D eigenvalue weighted by Gasteiger charge is 2.30. The van der Waals surface area contributed by atoms with E-state index in [2.05, 4.69) is 10.3 Å². The molecule has 1 aromatic heterocycles. The number of hydrogen-bond acceptors (Lipinski definition) is 4. The maximum absolute atomic E-state index is 12.5. The fraction of sp³-hybridized carbons (Fsp3) is 0.294. The van der Waals surface area contributed by atoms with Crippen LogP contribution in [-0.4, -0.2) is 23.3 Å². The Balaban J connectivity index is 1.89. The first-order chi connectivity index (χ1) is 11.8. The van der Waals surface area contributed by atoms with E-state index in [1.54, 1.807) is 20.1 Å². The molecule has 1 heterocycles. The standard InChI is InChI=1S/C17H17F3N2O2S/c1-11(25-15-7-6-13(10-21-15)17(18,19)20)16(23)22-9-12-4-3-5-14(8-12)24-2/h3-8,10-11H,9H2,1-2H3,(H,22,23). The van der Waals surface area contributed by atoms with Crippen molar-refractivity contribution >= 4 is 17.7 Å². The molecule has 0 bridgehead atoms. The number of amides is 1. The number of benzene rings is 1. The molecule has 2 aromatic rings. The van der Waals surface area contributed by atoms with Gasteiger partial charge < -0.3 is 10.1 Å². The number of pyridine rings is 1. The lowest BCUT2D eigenvalue weighted by molar-refractivity contribution is -0.137. The maximum atomic E-state index is 12.5. The Bertz CT molecular complexity index is 721. The number of methoxy groups -OCH3 is 1. The van der Waals surface area contributed by atoms with Crippen molar-refractivity contribution in [3.63, 3.8) is 0 Å². The summed E-state index contributed by atoms with van der Waals surface area (Å²) >= 11 is 1.10. The van der Waals surface area contributed by atoms with E-state index in [1.165, 1.54) is 6.07 Å². The first kappa shape index (κ1) is 19.1. The second-order valence-corrected chi connectivity index (χ2v) is 6.57. The predicted molar refractivity (Wildman–Crippen MR) is 89.4 cm³/mol. The van der Waals surface area contributed by atoms with Crippen molar-refractivity contribution in [3.8, 4) is 5.75 Å². The molecule has 1 aromatic carbocycles. The highest BCUT2D eigenvalue weighted by atomic mass is 32.2. The van der Waals surface area contributed by atoms with Crippen LogP contribution >= 0.6 is 11.8 Å². The SMILES string of the molecule is COc1cccc(CNC(=O)C(C)Sc2ccc(C(F)(F)F)cn2)c1. The molecule has 0 aliphatic carbocycles. The number of nitrogens with one attached hydrogen (secondary N) is 1. The molecule has 25 heavy (non-hydrogen) atoms. The average molecular weight is 370 g/mol. The first-order valence-corrected chi connectivity index (χ1v) is 8.28. The van der Waals surface area contributed by atoms with Gasteiger partial charge in [0.25, 0.3) is 0 Å². The third kappa shape index (κ3) is 5.67. The zero-order valence-electron chi connectivity index (χ0n) is 13.6. The fourth-order valence-electron chi connectivity index (χ4n) is 1.97. The second-order valence-electron chi connectivity index (χ2n) is 5.21. The molecule has 0 spiro atoms. The number of ether oxygens (including phenoxy) is 1. The molecular formula is C17H17F3N2O2S. The number of nitrogens with zero attached hydrogens (tertiary/aromatic N) is 1. The first-order valence-electron chi connectivity index (χ1n) is 7.40. The van der Waals surface area contributed by atoms with E-state index in [1.807, 2.05) is 18.2 Å². The highest BCUT2D eigenvalue weighted by molar-refractivity contribution is 8.00. The van der Waals surface area contributed by atoms with Gasteiger partial charge in [0.2, 0.25) is 5.91 Å². The number of aromatic nitrogens is 1. The molecule has 0 aliphatic heterocycles. The fourth-order valence-corrected chi connectivity index (χ4v) is 2.78. The molecule has 2 rings (SSSR count). The van der Waals surface area contributed by atoms with E-state index in [0.717, 1.165) is 29.6 Å². The second kappa shape index (κ2) is 8.24. The normalized spacial score (nSPS) is 12.5. The zero-order chi connectivity index (χ0) is 18.4. The summed E-state index contributed by atoms with van der Waals surface area (Å²) in [5, 5.41) is 2.65. The van der Waals surface area contributed by atoms with Crippen molar-refractivity contribution in [1.82, 2.24) is 10.3 Å². The van der Waals surface area contributed by atoms with Crippen molar-refractivity contribution in [2.45, 2.75) is 29.9 Å². The summed E-state index contributed by atoms with van der Waals surface area (Å²) in [4.78, 5) is 15.9. The summed E-state index contributed by atoms with van der Waals surface area (Å²) in [5.41, 5.74) is 0.0736. The van der Waals surface area contributed by atoms with Crippen molar-refractivity contribution in [1.29, 1.82) is 0 Å². The summed E-state index contributed by atoms with van der Waals surface area (Å²) in [6.45, 7) is 2.01. The van der Waals surface area contributed by atoms with Gasteiger partial charge >= 0.3 is 6.18 Å². The maximum Gasteiger partial charge on any atom is 0.417 e. The highest BCUT2D eigenvalue weighted by Crippen LogP contribution is 2.30. The molecule has 1 unspecified atom stereocenters. The van der Waals surface area contributed by atoms with Gasteiger partial charge in [-0.15, -0.1) is 0 Å². The molecule has 1 N–H and O–H groups in total. The lowest BCUT2D eigenvalue weighted by Crippen LogP contribution is -2.30. The Labute approximate surface area is 147 Å². The molecule has 1 amide bonds. The van der Waals surface area contributed by atoms with Gasteiger partial charge in [-0.3, -0.25) is 4.79 Å². The van der Waals surface area contributed by atoms with Crippen LogP contribution in [0.4, 0.5) is 13.2 Å². The van der Waals surface area contributed by atoms with Gasteiger partial charge in [-0.25, -0.2) is 4.98 Å². The van der Waals surface area contributed by atoms with E-state index < -0.39 is 17.0 Å². The van der Waals surface area contributed by atoms with E-state index in [4.69, 9.17) is 4.74 Å². The number of carbonyl (C=O) groups is 1. The quantitative estimate of drug-likeness (QED) is 0.784. The molecular weight excluding hydrogens is 353 g/mol. The lowest BCUT2D eigenvalue weighted by atomic mass is 10.2. The molecule has 8 heteroatoms. The number of alkyl halides is 3. The number of thioether (sulfide) groups is 1. The van der Waals surface area contributed by atoms with Gasteiger partial charge in [0, 0.05) is 12.7 Å². The summed E-state index contributed by atoms with van der Waals surface area (Å²) < 4.78 is 42.6. The van der Waals surface area contributed by atoms with Gasteiger partial charge in [-0.2, -0.15) is 13.2 Å². The summed E-state index contributed by atoms with van der Waals surface area (Å²) in [7, 11) is 1.56. The Morgan fingerprint density at radius 3 is 2.68 bits per heavy atom. The van der Waals surface area contributed by atoms with Crippen LogP contribution in [0.5, 0.6) is 5.75 Å². The monoisotopic (exact) mass is 370 g/mol. The van der Waals surface area contributed by atoms with Crippen LogP contribution in [0.25, 0.3) is 0 Å². The molecule has 0 saturated carbocycles. The van der Waals surface area contributed by atoms with E-state index in [9.17, 15) is 18.0 Å². The minimum atomic E-state index is -4.42. The van der Waals surface area contributed by atoms with Crippen LogP contribution in [0.1, 0.15) is 18.1 Å². The van der Waals surface area contributed by atoms with Gasteiger partial charge in [0.1, 0.15) is 5.75 Å². The van der Waals surface area contributed by atoms with Crippen molar-refractivity contribution in [2.24, 2.45) is 0 Å². The molecule has 134 valence electrons. The van der Waals surface area contributed by atoms with Crippen LogP contribution in [0.2, 0.25) is 0 Å². The van der Waals surface area contributed by atoms with Crippen molar-refractivity contribution in [3.05, 3.63) is 53.7 Å². The minimum absolute atomic E-state index is 0.227. The third-order valence-electron chi connectivity index (χ3n) is 3.33. The summed E-state index contributed by atoms with van der Waals surface area (Å²) in [6.07, 6.45) is -3.65. The summed E-state index contributed by atoms with van der Waals surface area (Å²) in [5.74, 6) is 0.470. The van der Waals surface area contributed by atoms with Crippen LogP contribution in [-0.2, 0) is 17.5 Å². The topological polar surface area (TPSA) is 51.2 Å². The van der Waals surface area contributed by atoms with E-state index in [-0.39, 0.29) is 5.91 Å². The molecule has 0 radical (unpaired) electrons. The van der Waals surface area contributed by atoms with Gasteiger partial charge in [0.05, 0.1) is 22.9 Å². The third-order valence-corrected chi connectivity index (χ3v) is 4.38. The van der Waals surface area contributed by atoms with E-state index >= 15 is 0 Å². The van der Waals surface area contributed by atoms with Crippen molar-refractivity contribution in [2.75, 3.05) is 7.11 Å². The number of rotatable bonds is 6. The number of carbonyl (C=O) groups excluding carboxylic acids is 1. The van der Waals surface area contributed by atoms with Crippen molar-refractivity contribution < 1.29 is 22.7 Å². The number of halogens is 3. The Kier molecular flexibility index (Phi) is 6.30. The zero-order valence-corrected chi connectivity index (χ0v) is 14.4. The predicted octanol–water partition coefficient (Wildman–Crippen LogP) is 3.91. The average Bonchev–Trinajstić information content (AvgIpc) is 2.59. The van der Waals surface area contributed by atoms with Gasteiger partial charge in [0.15, 0.2) is 0 Å². The molecule has 4 nitrogen and oxygen atoms in total. The largest absolute Gasteiger partial charge is 0.497 e. The Hall–Kier alpha value is -2.22. The Morgan fingerprint density at radius 2 is 2.08 bits per heavy atom. The smallest absolute Gasteiger partial charge is 0.417 e. The molecule has 1 atom stereocenters. The van der Waals surface area contributed by atoms with Crippen LogP contribution < -0.4 is 10.1 Å². The van der Waals surface area contributed by atoms with Crippen LogP contribution in [0, 0.1) is 0 Å². The number of hydrogen-bond donors (Lipinski definition) is 1. The molecule has 0 fully saturated rings. The lowest BCUT2D eigenvalue weighted by Gasteiger charge is -2.12.